The number of aliphatic hydroxyl groups excluding tert-OH is 1. The van der Waals surface area contributed by atoms with Crippen molar-refractivity contribution in [2.24, 2.45) is 5.92 Å². The Morgan fingerprint density at radius 3 is 1.89 bits per heavy atom. The van der Waals surface area contributed by atoms with Crippen LogP contribution in [0.4, 0.5) is 0 Å². The molecule has 192 valence electrons. The zero-order valence-electron chi connectivity index (χ0n) is 21.8. The van der Waals surface area contributed by atoms with E-state index in [1.54, 1.807) is 7.11 Å². The fourth-order valence-corrected chi connectivity index (χ4v) is 9.86. The van der Waals surface area contributed by atoms with Gasteiger partial charge in [0.1, 0.15) is 11.9 Å². The Morgan fingerprint density at radius 1 is 0.833 bits per heavy atom. The number of aliphatic hydroxyl groups is 1. The van der Waals surface area contributed by atoms with E-state index in [0.717, 1.165) is 53.8 Å². The lowest BCUT2D eigenvalue weighted by molar-refractivity contribution is -0.0618. The van der Waals surface area contributed by atoms with Crippen LogP contribution in [0.15, 0.2) is 84.9 Å². The van der Waals surface area contributed by atoms with Crippen LogP contribution in [0.25, 0.3) is 0 Å². The van der Waals surface area contributed by atoms with Gasteiger partial charge in [-0.05, 0) is 59.5 Å². The molecule has 3 aromatic carbocycles. The molecule has 1 saturated carbocycles. The molecule has 0 spiro atoms. The highest BCUT2D eigenvalue weighted by Gasteiger charge is 2.50. The third kappa shape index (κ3) is 5.60. The van der Waals surface area contributed by atoms with Crippen LogP contribution in [0.3, 0.4) is 0 Å². The largest absolute Gasteiger partial charge is 0.496 e. The molecule has 0 unspecified atom stereocenters. The number of benzene rings is 3. The van der Waals surface area contributed by atoms with E-state index in [2.05, 4.69) is 38.1 Å². The standard InChI is InChI=1S/C31H40O4Si/c1-31(2,36(33,26-12-6-4-7-13-26)27-14-8-5-9-15-27)22-24-18-20-25(21-19-24)35-30(23-32)28-16-10-11-17-29(28)34-3/h4-17,24-25,30,32-33H,18-23H2,1-3H3/t24?,25?,30-/m0/s1. The van der Waals surface area contributed by atoms with Crippen LogP contribution >= 0.6 is 0 Å². The number of rotatable bonds is 10. The summed E-state index contributed by atoms with van der Waals surface area (Å²) in [5, 5.41) is 11.9. The Labute approximate surface area is 217 Å². The van der Waals surface area contributed by atoms with Crippen LogP contribution in [0.1, 0.15) is 57.6 Å². The zero-order valence-corrected chi connectivity index (χ0v) is 22.8. The molecular weight excluding hydrogens is 464 g/mol. The molecule has 0 heterocycles. The summed E-state index contributed by atoms with van der Waals surface area (Å²) in [4.78, 5) is 12.5. The summed E-state index contributed by atoms with van der Waals surface area (Å²) in [6.07, 6.45) is 4.76. The number of para-hydroxylation sites is 1. The summed E-state index contributed by atoms with van der Waals surface area (Å²) in [6.45, 7) is 4.44. The quantitative estimate of drug-likeness (QED) is 0.372. The van der Waals surface area contributed by atoms with Crippen molar-refractivity contribution in [2.75, 3.05) is 13.7 Å². The smallest absolute Gasteiger partial charge is 0.258 e. The van der Waals surface area contributed by atoms with Crippen molar-refractivity contribution in [2.45, 2.75) is 63.2 Å². The second-order valence-corrected chi connectivity index (χ2v) is 14.7. The van der Waals surface area contributed by atoms with E-state index in [9.17, 15) is 9.90 Å². The predicted molar refractivity (Wildman–Crippen MR) is 148 cm³/mol. The first-order valence-electron chi connectivity index (χ1n) is 13.1. The normalized spacial score (nSPS) is 19.6. The molecule has 0 radical (unpaired) electrons. The number of ether oxygens (including phenoxy) is 2. The van der Waals surface area contributed by atoms with Crippen LogP contribution in [-0.4, -0.2) is 38.0 Å². The lowest BCUT2D eigenvalue weighted by Crippen LogP contribution is -2.65. The number of methoxy groups -OCH3 is 1. The molecule has 0 bridgehead atoms. The molecule has 2 N–H and O–H groups in total. The van der Waals surface area contributed by atoms with E-state index in [1.807, 2.05) is 60.7 Å². The van der Waals surface area contributed by atoms with Crippen molar-refractivity contribution in [3.8, 4) is 5.75 Å². The zero-order chi connectivity index (χ0) is 25.6. The van der Waals surface area contributed by atoms with Crippen LogP contribution in [0.5, 0.6) is 5.75 Å². The Kier molecular flexibility index (Phi) is 8.68. The molecule has 5 heteroatoms. The van der Waals surface area contributed by atoms with Crippen LogP contribution in [0.2, 0.25) is 5.04 Å². The minimum absolute atomic E-state index is 0.0693. The van der Waals surface area contributed by atoms with Crippen molar-refractivity contribution < 1.29 is 19.4 Å². The third-order valence-corrected chi connectivity index (χ3v) is 12.5. The van der Waals surface area contributed by atoms with E-state index in [0.29, 0.717) is 5.92 Å². The predicted octanol–water partition coefficient (Wildman–Crippen LogP) is 5.23. The van der Waals surface area contributed by atoms with E-state index in [-0.39, 0.29) is 23.9 Å². The van der Waals surface area contributed by atoms with E-state index in [1.165, 1.54) is 0 Å². The van der Waals surface area contributed by atoms with E-state index >= 15 is 0 Å². The Bertz CT molecular complexity index is 1040. The van der Waals surface area contributed by atoms with Gasteiger partial charge in [0.15, 0.2) is 0 Å². The number of hydrogen-bond acceptors (Lipinski definition) is 4. The van der Waals surface area contributed by atoms with E-state index in [4.69, 9.17) is 9.47 Å². The van der Waals surface area contributed by atoms with Gasteiger partial charge < -0.3 is 19.4 Å². The summed E-state index contributed by atoms with van der Waals surface area (Å²) in [7, 11) is -1.35. The monoisotopic (exact) mass is 504 g/mol. The minimum atomic E-state index is -3.00. The van der Waals surface area contributed by atoms with Gasteiger partial charge in [-0.15, -0.1) is 0 Å². The van der Waals surface area contributed by atoms with Crippen molar-refractivity contribution >= 4 is 18.7 Å². The highest BCUT2D eigenvalue weighted by molar-refractivity contribution is 6.98. The summed E-state index contributed by atoms with van der Waals surface area (Å²) in [5.41, 5.74) is 0.896. The minimum Gasteiger partial charge on any atom is -0.496 e. The third-order valence-electron chi connectivity index (χ3n) is 7.96. The average Bonchev–Trinajstić information content (AvgIpc) is 2.93. The van der Waals surface area contributed by atoms with Gasteiger partial charge in [0.2, 0.25) is 0 Å². The molecule has 3 aromatic rings. The first-order chi connectivity index (χ1) is 17.4. The van der Waals surface area contributed by atoms with Gasteiger partial charge in [0.25, 0.3) is 8.32 Å². The second kappa shape index (κ2) is 11.7. The maximum atomic E-state index is 12.5. The fraction of sp³-hybridized carbons (Fsp3) is 0.419. The van der Waals surface area contributed by atoms with E-state index < -0.39 is 8.32 Å². The van der Waals surface area contributed by atoms with Crippen LogP contribution in [0, 0.1) is 5.92 Å². The molecule has 4 rings (SSSR count). The maximum Gasteiger partial charge on any atom is 0.258 e. The summed E-state index contributed by atoms with van der Waals surface area (Å²) in [5.74, 6) is 1.28. The lowest BCUT2D eigenvalue weighted by Gasteiger charge is -2.44. The number of hydrogen-bond donors (Lipinski definition) is 2. The molecule has 0 aliphatic heterocycles. The van der Waals surface area contributed by atoms with Gasteiger partial charge in [-0.1, -0.05) is 92.7 Å². The Morgan fingerprint density at radius 2 is 1.36 bits per heavy atom. The summed E-state index contributed by atoms with van der Waals surface area (Å²) in [6, 6.07) is 28.3. The Hall–Kier alpha value is -2.44. The van der Waals surface area contributed by atoms with Gasteiger partial charge in [-0.25, -0.2) is 0 Å². The molecule has 4 nitrogen and oxygen atoms in total. The summed E-state index contributed by atoms with van der Waals surface area (Å²) < 4.78 is 11.9. The molecule has 1 atom stereocenters. The molecule has 1 aliphatic carbocycles. The highest BCUT2D eigenvalue weighted by Crippen LogP contribution is 2.45. The SMILES string of the molecule is COc1ccccc1[C@H](CO)OC1CCC(CC(C)(C)[Si](O)(c2ccccc2)c2ccccc2)CC1. The lowest BCUT2D eigenvalue weighted by atomic mass is 9.82. The Balaban J connectivity index is 1.45. The topological polar surface area (TPSA) is 58.9 Å². The van der Waals surface area contributed by atoms with Gasteiger partial charge in [-0.2, -0.15) is 0 Å². The van der Waals surface area contributed by atoms with Gasteiger partial charge in [-0.3, -0.25) is 0 Å². The van der Waals surface area contributed by atoms with Crippen molar-refractivity contribution in [3.05, 3.63) is 90.5 Å². The first kappa shape index (κ1) is 26.6. The molecule has 0 saturated heterocycles. The molecule has 0 amide bonds. The molecule has 36 heavy (non-hydrogen) atoms. The van der Waals surface area contributed by atoms with Crippen molar-refractivity contribution in [3.63, 3.8) is 0 Å². The van der Waals surface area contributed by atoms with Crippen LogP contribution in [-0.2, 0) is 4.74 Å². The first-order valence-corrected chi connectivity index (χ1v) is 15.1. The van der Waals surface area contributed by atoms with Crippen LogP contribution < -0.4 is 15.1 Å². The van der Waals surface area contributed by atoms with Crippen molar-refractivity contribution in [1.82, 2.24) is 0 Å². The molecule has 1 fully saturated rings. The second-order valence-electron chi connectivity index (χ2n) is 10.7. The fourth-order valence-electron chi connectivity index (χ4n) is 6.03. The maximum absolute atomic E-state index is 12.5. The van der Waals surface area contributed by atoms with Gasteiger partial charge in [0.05, 0.1) is 19.8 Å². The molecule has 1 aliphatic rings. The highest BCUT2D eigenvalue weighted by atomic mass is 28.4. The average molecular weight is 505 g/mol. The van der Waals surface area contributed by atoms with Gasteiger partial charge in [0, 0.05) is 5.56 Å². The summed E-state index contributed by atoms with van der Waals surface area (Å²) >= 11 is 0. The van der Waals surface area contributed by atoms with Gasteiger partial charge >= 0.3 is 0 Å². The van der Waals surface area contributed by atoms with Crippen molar-refractivity contribution in [1.29, 1.82) is 0 Å². The molecule has 0 aromatic heterocycles. The molecular formula is C31H40O4Si.